The average Bonchev–Trinajstić information content (AvgIpc) is 2.78. The molecule has 1 saturated heterocycles. The van der Waals surface area contributed by atoms with E-state index in [1.165, 1.54) is 0 Å². The van der Waals surface area contributed by atoms with E-state index in [0.29, 0.717) is 12.6 Å². The molecule has 2 aromatic carbocycles. The van der Waals surface area contributed by atoms with Gasteiger partial charge in [-0.1, -0.05) is 24.3 Å². The van der Waals surface area contributed by atoms with Crippen LogP contribution in [0.15, 0.2) is 79.1 Å². The predicted molar refractivity (Wildman–Crippen MR) is 143 cm³/mol. The molecule has 0 saturated carbocycles. The third-order valence-corrected chi connectivity index (χ3v) is 6.37. The van der Waals surface area contributed by atoms with Gasteiger partial charge in [0.2, 0.25) is 0 Å². The molecule has 34 heavy (non-hydrogen) atoms. The number of anilines is 1. The second-order valence-corrected chi connectivity index (χ2v) is 10.7. The zero-order valence-electron chi connectivity index (χ0n) is 20.4. The summed E-state index contributed by atoms with van der Waals surface area (Å²) in [7, 11) is 0. The summed E-state index contributed by atoms with van der Waals surface area (Å²) >= 11 is 5.97. The van der Waals surface area contributed by atoms with Crippen LogP contribution in [0.1, 0.15) is 46.1 Å². The molecule has 0 spiro atoms. The van der Waals surface area contributed by atoms with Crippen LogP contribution in [0.5, 0.6) is 11.5 Å². The van der Waals surface area contributed by atoms with E-state index in [2.05, 4.69) is 54.3 Å². The summed E-state index contributed by atoms with van der Waals surface area (Å²) in [5, 5.41) is 7.97. The summed E-state index contributed by atoms with van der Waals surface area (Å²) in [6, 6.07) is 22.1. The molecule has 5 nitrogen and oxygen atoms in total. The molecule has 1 aliphatic heterocycles. The molecule has 1 aliphatic rings. The van der Waals surface area contributed by atoms with Gasteiger partial charge in [-0.3, -0.25) is 4.98 Å². The monoisotopic (exact) mass is 474 g/mol. The van der Waals surface area contributed by atoms with E-state index >= 15 is 0 Å². The lowest BCUT2D eigenvalue weighted by atomic mass is 9.79. The van der Waals surface area contributed by atoms with Gasteiger partial charge in [-0.15, -0.1) is 0 Å². The molecule has 4 rings (SSSR count). The van der Waals surface area contributed by atoms with Crippen molar-refractivity contribution < 1.29 is 4.74 Å². The molecule has 1 fully saturated rings. The standard InChI is InChI=1S/C28H34N4OS/c1-27(2)17-23(18-28(3,4)31-27)32(20-21-9-8-16-29-19-21)26(34)30-22-12-14-25(15-13-22)33-24-10-6-5-7-11-24/h5-16,19,23,31H,17-18,20H2,1-4H3,(H,30,34). The van der Waals surface area contributed by atoms with E-state index in [1.807, 2.05) is 66.9 Å². The number of benzene rings is 2. The van der Waals surface area contributed by atoms with Crippen LogP contribution in [0.4, 0.5) is 5.69 Å². The van der Waals surface area contributed by atoms with E-state index in [4.69, 9.17) is 17.0 Å². The molecule has 0 aliphatic carbocycles. The lowest BCUT2D eigenvalue weighted by Gasteiger charge is -2.50. The summed E-state index contributed by atoms with van der Waals surface area (Å²) in [5.74, 6) is 1.61. The van der Waals surface area contributed by atoms with Crippen molar-refractivity contribution in [2.45, 2.75) is 64.2 Å². The average molecular weight is 475 g/mol. The van der Waals surface area contributed by atoms with Crippen LogP contribution in [0.3, 0.4) is 0 Å². The van der Waals surface area contributed by atoms with Crippen molar-refractivity contribution in [3.05, 3.63) is 84.7 Å². The number of ether oxygens (including phenoxy) is 1. The quantitative estimate of drug-likeness (QED) is 0.404. The third-order valence-electron chi connectivity index (χ3n) is 6.03. The molecule has 2 N–H and O–H groups in total. The van der Waals surface area contributed by atoms with Crippen molar-refractivity contribution in [3.63, 3.8) is 0 Å². The largest absolute Gasteiger partial charge is 0.457 e. The summed E-state index contributed by atoms with van der Waals surface area (Å²) in [5.41, 5.74) is 2.12. The van der Waals surface area contributed by atoms with Gasteiger partial charge in [0.25, 0.3) is 0 Å². The van der Waals surface area contributed by atoms with Crippen molar-refractivity contribution in [1.82, 2.24) is 15.2 Å². The third kappa shape index (κ3) is 6.55. The summed E-state index contributed by atoms with van der Waals surface area (Å²) < 4.78 is 5.92. The van der Waals surface area contributed by atoms with Gasteiger partial charge in [-0.05, 0) is 101 Å². The highest BCUT2D eigenvalue weighted by molar-refractivity contribution is 7.80. The molecule has 1 aromatic heterocycles. The highest BCUT2D eigenvalue weighted by Crippen LogP contribution is 2.33. The van der Waals surface area contributed by atoms with E-state index in [9.17, 15) is 0 Å². The second-order valence-electron chi connectivity index (χ2n) is 10.3. The minimum Gasteiger partial charge on any atom is -0.457 e. The SMILES string of the molecule is CC1(C)CC(N(Cc2cccnc2)C(=S)Nc2ccc(Oc3ccccc3)cc2)CC(C)(C)N1. The second kappa shape index (κ2) is 10.1. The topological polar surface area (TPSA) is 49.4 Å². The van der Waals surface area contributed by atoms with Crippen LogP contribution in [0.25, 0.3) is 0 Å². The fourth-order valence-electron chi connectivity index (χ4n) is 4.97. The first-order chi connectivity index (χ1) is 16.2. The van der Waals surface area contributed by atoms with Gasteiger partial charge in [0, 0.05) is 41.7 Å². The summed E-state index contributed by atoms with van der Waals surface area (Å²) in [6.45, 7) is 9.79. The molecule has 0 atom stereocenters. The van der Waals surface area contributed by atoms with Gasteiger partial charge in [-0.25, -0.2) is 0 Å². The molecule has 3 aromatic rings. The van der Waals surface area contributed by atoms with Crippen LogP contribution < -0.4 is 15.4 Å². The highest BCUT2D eigenvalue weighted by atomic mass is 32.1. The number of piperidine rings is 1. The van der Waals surface area contributed by atoms with Gasteiger partial charge in [-0.2, -0.15) is 0 Å². The fraction of sp³-hybridized carbons (Fsp3) is 0.357. The van der Waals surface area contributed by atoms with Crippen molar-refractivity contribution >= 4 is 23.0 Å². The van der Waals surface area contributed by atoms with Crippen LogP contribution in [0, 0.1) is 0 Å². The van der Waals surface area contributed by atoms with Gasteiger partial charge < -0.3 is 20.3 Å². The molecular formula is C28H34N4OS. The first-order valence-electron chi connectivity index (χ1n) is 11.8. The Bertz CT molecular complexity index is 1070. The Balaban J connectivity index is 1.51. The summed E-state index contributed by atoms with van der Waals surface area (Å²) in [6.07, 6.45) is 5.73. The Hall–Kier alpha value is -2.96. The number of aromatic nitrogens is 1. The van der Waals surface area contributed by atoms with Crippen molar-refractivity contribution in [2.75, 3.05) is 5.32 Å². The zero-order chi connectivity index (χ0) is 24.2. The Kier molecular flexibility index (Phi) is 7.19. The van der Waals surface area contributed by atoms with Gasteiger partial charge in [0.1, 0.15) is 11.5 Å². The lowest BCUT2D eigenvalue weighted by molar-refractivity contribution is 0.101. The highest BCUT2D eigenvalue weighted by Gasteiger charge is 2.40. The number of pyridine rings is 1. The van der Waals surface area contributed by atoms with Crippen LogP contribution in [-0.2, 0) is 6.54 Å². The van der Waals surface area contributed by atoms with Crippen LogP contribution in [0.2, 0.25) is 0 Å². The van der Waals surface area contributed by atoms with Crippen molar-refractivity contribution in [3.8, 4) is 11.5 Å². The van der Waals surface area contributed by atoms with Crippen LogP contribution in [-0.4, -0.2) is 32.1 Å². The molecule has 0 radical (unpaired) electrons. The smallest absolute Gasteiger partial charge is 0.173 e. The number of hydrogen-bond acceptors (Lipinski definition) is 4. The molecule has 0 amide bonds. The molecular weight excluding hydrogens is 440 g/mol. The predicted octanol–water partition coefficient (Wildman–Crippen LogP) is 6.38. The van der Waals surface area contributed by atoms with Gasteiger partial charge in [0.15, 0.2) is 5.11 Å². The molecule has 0 unspecified atom stereocenters. The normalized spacial score (nSPS) is 17.1. The van der Waals surface area contributed by atoms with E-state index in [-0.39, 0.29) is 11.1 Å². The number of nitrogens with zero attached hydrogens (tertiary/aromatic N) is 2. The number of rotatable bonds is 6. The summed E-state index contributed by atoms with van der Waals surface area (Å²) in [4.78, 5) is 6.64. The first-order valence-corrected chi connectivity index (χ1v) is 12.2. The van der Waals surface area contributed by atoms with E-state index in [1.54, 1.807) is 6.20 Å². The number of hydrogen-bond donors (Lipinski definition) is 2. The Morgan fingerprint density at radius 1 is 0.971 bits per heavy atom. The molecule has 178 valence electrons. The molecule has 0 bridgehead atoms. The first kappa shape index (κ1) is 24.2. The lowest BCUT2D eigenvalue weighted by Crippen LogP contribution is -2.63. The van der Waals surface area contributed by atoms with E-state index in [0.717, 1.165) is 40.7 Å². The molecule has 6 heteroatoms. The van der Waals surface area contributed by atoms with Crippen molar-refractivity contribution in [2.24, 2.45) is 0 Å². The van der Waals surface area contributed by atoms with Crippen LogP contribution >= 0.6 is 12.2 Å². The maximum absolute atomic E-state index is 5.97. The number of nitrogens with one attached hydrogen (secondary N) is 2. The maximum Gasteiger partial charge on any atom is 0.173 e. The maximum atomic E-state index is 5.97. The van der Waals surface area contributed by atoms with E-state index < -0.39 is 0 Å². The Morgan fingerprint density at radius 2 is 1.62 bits per heavy atom. The molecule has 2 heterocycles. The van der Waals surface area contributed by atoms with Crippen molar-refractivity contribution in [1.29, 1.82) is 0 Å². The number of thiocarbonyl (C=S) groups is 1. The zero-order valence-corrected chi connectivity index (χ0v) is 21.2. The Morgan fingerprint density at radius 3 is 2.24 bits per heavy atom. The minimum atomic E-state index is 0.0195. The van der Waals surface area contributed by atoms with Gasteiger partial charge in [0.05, 0.1) is 0 Å². The minimum absolute atomic E-state index is 0.0195. The van der Waals surface area contributed by atoms with Gasteiger partial charge >= 0.3 is 0 Å². The fourth-order valence-corrected chi connectivity index (χ4v) is 5.30. The number of para-hydroxylation sites is 1. The Labute approximate surface area is 208 Å².